The summed E-state index contributed by atoms with van der Waals surface area (Å²) in [6.45, 7) is 22.0. The molecule has 2 heteroatoms. The van der Waals surface area contributed by atoms with Crippen LogP contribution >= 0.6 is 0 Å². The van der Waals surface area contributed by atoms with Crippen molar-refractivity contribution in [2.24, 2.45) is 10.8 Å². The third-order valence-corrected chi connectivity index (χ3v) is 5.78. The second-order valence-electron chi connectivity index (χ2n) is 10.1. The third-order valence-electron chi connectivity index (χ3n) is 5.78. The Morgan fingerprint density at radius 1 is 0.957 bits per heavy atom. The van der Waals surface area contributed by atoms with Gasteiger partial charge in [-0.25, -0.2) is 0 Å². The third kappa shape index (κ3) is 2.59. The van der Waals surface area contributed by atoms with E-state index in [4.69, 9.17) is 0 Å². The van der Waals surface area contributed by atoms with Gasteiger partial charge in [0.15, 0.2) is 0 Å². The average Bonchev–Trinajstić information content (AvgIpc) is 2.73. The quantitative estimate of drug-likeness (QED) is 0.776. The molecule has 2 rings (SSSR count). The van der Waals surface area contributed by atoms with Crippen LogP contribution in [0.2, 0.25) is 0 Å². The van der Waals surface area contributed by atoms with Crippen molar-refractivity contribution >= 4 is 5.69 Å². The Hall–Kier alpha value is -1.02. The zero-order valence-electron chi connectivity index (χ0n) is 16.5. The van der Waals surface area contributed by atoms with E-state index in [1.807, 2.05) is 0 Å². The fraction of sp³-hybridized carbons (Fsp3) is 0.714. The minimum Gasteiger partial charge on any atom is -0.392 e. The summed E-state index contributed by atoms with van der Waals surface area (Å²) >= 11 is 0. The number of fused-ring (bicyclic) bond motifs is 1. The van der Waals surface area contributed by atoms with Crippen LogP contribution in [0.4, 0.5) is 5.69 Å². The van der Waals surface area contributed by atoms with Crippen molar-refractivity contribution in [1.29, 1.82) is 0 Å². The minimum atomic E-state index is -0.0120. The summed E-state index contributed by atoms with van der Waals surface area (Å²) in [7, 11) is 0. The first-order valence-corrected chi connectivity index (χ1v) is 8.78. The monoisotopic (exact) mass is 317 g/mol. The molecule has 1 heterocycles. The zero-order valence-corrected chi connectivity index (χ0v) is 16.5. The van der Waals surface area contributed by atoms with Crippen LogP contribution in [0.3, 0.4) is 0 Å². The number of hydrogen-bond donors (Lipinski definition) is 1. The molecule has 0 amide bonds. The lowest BCUT2D eigenvalue weighted by molar-refractivity contribution is 0.0617. The normalized spacial score (nSPS) is 18.3. The van der Waals surface area contributed by atoms with Crippen LogP contribution in [-0.4, -0.2) is 17.2 Å². The Balaban J connectivity index is 2.89. The molecule has 0 bridgehead atoms. The van der Waals surface area contributed by atoms with Crippen LogP contribution in [-0.2, 0) is 12.0 Å². The molecule has 0 saturated carbocycles. The van der Waals surface area contributed by atoms with Gasteiger partial charge in [-0.05, 0) is 48.8 Å². The predicted octanol–water partition coefficient (Wildman–Crippen LogP) is 5.13. The van der Waals surface area contributed by atoms with E-state index in [2.05, 4.69) is 85.4 Å². The van der Waals surface area contributed by atoms with Gasteiger partial charge in [0, 0.05) is 23.2 Å². The maximum Gasteiger partial charge on any atom is 0.0685 e. The molecule has 0 aliphatic carbocycles. The minimum absolute atomic E-state index is 0.0120. The molecule has 0 saturated heterocycles. The Morgan fingerprint density at radius 2 is 1.48 bits per heavy atom. The molecule has 0 fully saturated rings. The molecule has 1 aliphatic rings. The van der Waals surface area contributed by atoms with E-state index in [1.165, 1.54) is 11.3 Å². The van der Waals surface area contributed by atoms with Gasteiger partial charge in [0.05, 0.1) is 6.61 Å². The molecule has 2 nitrogen and oxygen atoms in total. The Morgan fingerprint density at radius 3 is 1.87 bits per heavy atom. The van der Waals surface area contributed by atoms with Crippen molar-refractivity contribution in [2.75, 3.05) is 11.4 Å². The molecular formula is C21H35NO. The van der Waals surface area contributed by atoms with Gasteiger partial charge in [-0.2, -0.15) is 0 Å². The van der Waals surface area contributed by atoms with E-state index < -0.39 is 0 Å². The summed E-state index contributed by atoms with van der Waals surface area (Å²) in [6.07, 6.45) is 0. The van der Waals surface area contributed by atoms with E-state index in [0.717, 1.165) is 12.1 Å². The topological polar surface area (TPSA) is 23.5 Å². The van der Waals surface area contributed by atoms with E-state index in [1.54, 1.807) is 0 Å². The lowest BCUT2D eigenvalue weighted by Crippen LogP contribution is -2.55. The molecule has 1 aromatic carbocycles. The molecule has 0 radical (unpaired) electrons. The summed E-state index contributed by atoms with van der Waals surface area (Å²) in [4.78, 5) is 2.54. The summed E-state index contributed by atoms with van der Waals surface area (Å²) in [5.41, 5.74) is 3.96. The van der Waals surface area contributed by atoms with Crippen LogP contribution < -0.4 is 4.90 Å². The molecule has 23 heavy (non-hydrogen) atoms. The van der Waals surface area contributed by atoms with Gasteiger partial charge in [0.2, 0.25) is 0 Å². The van der Waals surface area contributed by atoms with E-state index in [-0.39, 0.29) is 28.4 Å². The van der Waals surface area contributed by atoms with Crippen LogP contribution in [0.5, 0.6) is 0 Å². The van der Waals surface area contributed by atoms with Gasteiger partial charge in [-0.1, -0.05) is 53.7 Å². The molecule has 1 N–H and O–H groups in total. The highest BCUT2D eigenvalue weighted by atomic mass is 16.3. The maximum atomic E-state index is 10.0. The number of rotatable bonds is 1. The highest BCUT2D eigenvalue weighted by molar-refractivity contribution is 5.68. The number of nitrogens with zero attached hydrogens (tertiary/aromatic N) is 1. The number of hydrogen-bond acceptors (Lipinski definition) is 2. The summed E-state index contributed by atoms with van der Waals surface area (Å²) in [5, 5.41) is 10.0. The van der Waals surface area contributed by atoms with Gasteiger partial charge < -0.3 is 10.0 Å². The van der Waals surface area contributed by atoms with Gasteiger partial charge in [-0.3, -0.25) is 0 Å². The van der Waals surface area contributed by atoms with Gasteiger partial charge in [0.25, 0.3) is 0 Å². The molecule has 1 aromatic rings. The van der Waals surface area contributed by atoms with Crippen LogP contribution in [0.1, 0.15) is 73.4 Å². The highest BCUT2D eigenvalue weighted by Gasteiger charge is 2.58. The molecule has 0 spiro atoms. The van der Waals surface area contributed by atoms with Crippen LogP contribution in [0.25, 0.3) is 0 Å². The van der Waals surface area contributed by atoms with Crippen molar-refractivity contribution in [1.82, 2.24) is 0 Å². The highest BCUT2D eigenvalue weighted by Crippen LogP contribution is 2.61. The molecular weight excluding hydrogens is 282 g/mol. The lowest BCUT2D eigenvalue weighted by Gasteiger charge is -2.53. The number of aliphatic hydroxyl groups is 1. The fourth-order valence-electron chi connectivity index (χ4n) is 4.79. The standard InChI is InChI=1S/C21H35NO/c1-18(2,3)21(19(4,5)6)14-22(20(7,8)9)16-12-10-11-15(13-23)17(16)21/h10-12,23H,13-14H2,1-9H3. The Labute approximate surface area is 142 Å². The zero-order chi connectivity index (χ0) is 17.8. The number of aliphatic hydroxyl groups excluding tert-OH is 1. The Bertz CT molecular complexity index is 567. The van der Waals surface area contributed by atoms with Crippen molar-refractivity contribution in [3.05, 3.63) is 29.3 Å². The lowest BCUT2D eigenvalue weighted by atomic mass is 9.51. The second kappa shape index (κ2) is 5.24. The summed E-state index contributed by atoms with van der Waals surface area (Å²) in [5.74, 6) is 0. The van der Waals surface area contributed by atoms with Gasteiger partial charge in [-0.15, -0.1) is 0 Å². The smallest absolute Gasteiger partial charge is 0.0685 e. The van der Waals surface area contributed by atoms with Gasteiger partial charge in [0.1, 0.15) is 0 Å². The first-order chi connectivity index (χ1) is 10.3. The SMILES string of the molecule is CC(C)(C)N1CC(C(C)(C)C)(C(C)(C)C)c2c(CO)cccc21. The summed E-state index contributed by atoms with van der Waals surface area (Å²) < 4.78 is 0. The molecule has 0 unspecified atom stereocenters. The number of anilines is 1. The molecule has 0 atom stereocenters. The van der Waals surface area contributed by atoms with Crippen molar-refractivity contribution < 1.29 is 5.11 Å². The number of benzene rings is 1. The molecule has 1 aliphatic heterocycles. The predicted molar refractivity (Wildman–Crippen MR) is 100 cm³/mol. The van der Waals surface area contributed by atoms with Crippen LogP contribution in [0, 0.1) is 10.8 Å². The van der Waals surface area contributed by atoms with E-state index >= 15 is 0 Å². The molecule has 130 valence electrons. The van der Waals surface area contributed by atoms with Crippen molar-refractivity contribution in [3.63, 3.8) is 0 Å². The molecule has 0 aromatic heterocycles. The first kappa shape index (κ1) is 18.3. The Kier molecular flexibility index (Phi) is 4.17. The van der Waals surface area contributed by atoms with Crippen molar-refractivity contribution in [3.8, 4) is 0 Å². The first-order valence-electron chi connectivity index (χ1n) is 8.78. The van der Waals surface area contributed by atoms with Crippen LogP contribution in [0.15, 0.2) is 18.2 Å². The van der Waals surface area contributed by atoms with E-state index in [0.29, 0.717) is 0 Å². The second-order valence-corrected chi connectivity index (χ2v) is 10.1. The fourth-order valence-corrected chi connectivity index (χ4v) is 4.79. The van der Waals surface area contributed by atoms with E-state index in [9.17, 15) is 5.11 Å². The largest absolute Gasteiger partial charge is 0.392 e. The van der Waals surface area contributed by atoms with Crippen molar-refractivity contribution in [2.45, 2.75) is 79.9 Å². The van der Waals surface area contributed by atoms with Gasteiger partial charge >= 0.3 is 0 Å². The maximum absolute atomic E-state index is 10.0. The average molecular weight is 318 g/mol. The summed E-state index contributed by atoms with van der Waals surface area (Å²) in [6, 6.07) is 6.42.